The summed E-state index contributed by atoms with van der Waals surface area (Å²) in [4.78, 5) is 27.8. The van der Waals surface area contributed by atoms with Gasteiger partial charge in [-0.05, 0) is 24.3 Å². The molecule has 1 fully saturated rings. The lowest BCUT2D eigenvalue weighted by Crippen LogP contribution is -2.42. The van der Waals surface area contributed by atoms with Crippen molar-refractivity contribution in [1.82, 2.24) is 9.29 Å². The molecule has 9 nitrogen and oxygen atoms in total. The Morgan fingerprint density at radius 1 is 1.36 bits per heavy atom. The number of ether oxygens (including phenoxy) is 1. The fraction of sp³-hybridized carbons (Fsp3) is 0.312. The van der Waals surface area contributed by atoms with Crippen LogP contribution in [0.5, 0.6) is 0 Å². The number of amides is 1. The smallest absolute Gasteiger partial charge is 0.325 e. The van der Waals surface area contributed by atoms with Gasteiger partial charge in [-0.15, -0.1) is 11.3 Å². The molecule has 0 spiro atoms. The number of β-amino-alcohol motifs (C(OH)–C–C–N with tert-alkyl or cyclic N) is 1. The summed E-state index contributed by atoms with van der Waals surface area (Å²) < 4.78 is 44.3. The maximum atomic E-state index is 13.1. The summed E-state index contributed by atoms with van der Waals surface area (Å²) in [5.74, 6) is -2.20. The molecule has 2 atom stereocenters. The quantitative estimate of drug-likeness (QED) is 0.644. The number of aliphatic hydroxyl groups is 1. The minimum absolute atomic E-state index is 0.173. The number of anilines is 1. The van der Waals surface area contributed by atoms with Crippen molar-refractivity contribution < 1.29 is 32.2 Å². The zero-order valence-electron chi connectivity index (χ0n) is 14.3. The van der Waals surface area contributed by atoms with Crippen molar-refractivity contribution in [2.45, 2.75) is 23.5 Å². The van der Waals surface area contributed by atoms with Crippen molar-refractivity contribution in [3.8, 4) is 0 Å². The van der Waals surface area contributed by atoms with E-state index in [1.54, 1.807) is 5.38 Å². The maximum absolute atomic E-state index is 13.1. The van der Waals surface area contributed by atoms with Crippen molar-refractivity contribution in [3.05, 3.63) is 41.7 Å². The lowest BCUT2D eigenvalue weighted by molar-refractivity contribution is -0.150. The van der Waals surface area contributed by atoms with Gasteiger partial charge in [-0.1, -0.05) is 0 Å². The summed E-state index contributed by atoms with van der Waals surface area (Å²) in [5, 5.41) is 14.3. The monoisotopic (exact) mass is 429 g/mol. The van der Waals surface area contributed by atoms with E-state index in [2.05, 4.69) is 10.3 Å². The van der Waals surface area contributed by atoms with E-state index in [1.165, 1.54) is 17.5 Å². The molecule has 0 radical (unpaired) electrons. The number of carbonyl (C=O) groups is 2. The Morgan fingerprint density at radius 2 is 2.07 bits per heavy atom. The number of hydrogen-bond donors (Lipinski definition) is 2. The highest BCUT2D eigenvalue weighted by molar-refractivity contribution is 7.89. The Hall–Kier alpha value is -2.41. The van der Waals surface area contributed by atoms with E-state index in [0.717, 1.165) is 28.6 Å². The lowest BCUT2D eigenvalue weighted by atomic mass is 10.2. The van der Waals surface area contributed by atoms with E-state index >= 15 is 0 Å². The number of aromatic nitrogens is 1. The molecule has 0 saturated carbocycles. The first-order valence-electron chi connectivity index (χ1n) is 8.09. The zero-order chi connectivity index (χ0) is 20.3. The second kappa shape index (κ2) is 8.31. The highest BCUT2D eigenvalue weighted by Crippen LogP contribution is 2.27. The number of rotatable bonds is 6. The van der Waals surface area contributed by atoms with E-state index < -0.39 is 46.5 Å². The summed E-state index contributed by atoms with van der Waals surface area (Å²) in [6.07, 6.45) is 0.245. The van der Waals surface area contributed by atoms with Gasteiger partial charge >= 0.3 is 5.97 Å². The lowest BCUT2D eigenvalue weighted by Gasteiger charge is -2.22. The number of benzene rings is 1. The van der Waals surface area contributed by atoms with Crippen molar-refractivity contribution in [1.29, 1.82) is 0 Å². The first kappa shape index (κ1) is 20.3. The number of sulfonamides is 1. The van der Waals surface area contributed by atoms with Crippen LogP contribution in [0.2, 0.25) is 0 Å². The van der Waals surface area contributed by atoms with Gasteiger partial charge in [0.2, 0.25) is 10.0 Å². The number of thiazole rings is 1. The standard InChI is InChI=1S/C16H16FN3O6S2/c17-10-1-3-12(4-2-10)28(24,25)20-8-11(21)7-13(20)15(23)26-9-14(22)19-16-18-5-6-27-16/h1-6,11,13,21H,7-9H2,(H,18,19,22)/t11-,13-/m1/s1. The highest BCUT2D eigenvalue weighted by Gasteiger charge is 2.44. The van der Waals surface area contributed by atoms with Crippen molar-refractivity contribution in [2.24, 2.45) is 0 Å². The average molecular weight is 429 g/mol. The van der Waals surface area contributed by atoms with Crippen LogP contribution in [0.4, 0.5) is 9.52 Å². The largest absolute Gasteiger partial charge is 0.454 e. The van der Waals surface area contributed by atoms with Crippen molar-refractivity contribution in [3.63, 3.8) is 0 Å². The minimum atomic E-state index is -4.17. The Balaban J connectivity index is 1.68. The Bertz CT molecular complexity index is 949. The molecule has 2 heterocycles. The van der Waals surface area contributed by atoms with E-state index in [-0.39, 0.29) is 17.9 Å². The van der Waals surface area contributed by atoms with Crippen LogP contribution in [-0.2, 0) is 24.3 Å². The van der Waals surface area contributed by atoms with Crippen LogP contribution in [0.15, 0.2) is 40.7 Å². The molecule has 3 rings (SSSR count). The van der Waals surface area contributed by atoms with Crippen molar-refractivity contribution in [2.75, 3.05) is 18.5 Å². The molecule has 12 heteroatoms. The van der Waals surface area contributed by atoms with Gasteiger partial charge in [-0.25, -0.2) is 17.8 Å². The number of carbonyl (C=O) groups excluding carboxylic acids is 2. The van der Waals surface area contributed by atoms with Gasteiger partial charge in [-0.3, -0.25) is 14.9 Å². The first-order chi connectivity index (χ1) is 13.3. The Morgan fingerprint density at radius 3 is 2.71 bits per heavy atom. The van der Waals surface area contributed by atoms with Crippen LogP contribution in [0.25, 0.3) is 0 Å². The highest BCUT2D eigenvalue weighted by atomic mass is 32.2. The summed E-state index contributed by atoms with van der Waals surface area (Å²) in [7, 11) is -4.17. The van der Waals surface area contributed by atoms with Crippen LogP contribution in [-0.4, -0.2) is 60.0 Å². The molecule has 1 aromatic carbocycles. The molecular formula is C16H16FN3O6S2. The number of hydrogen-bond acceptors (Lipinski definition) is 8. The van der Waals surface area contributed by atoms with Gasteiger partial charge in [0.15, 0.2) is 11.7 Å². The molecule has 0 bridgehead atoms. The molecule has 1 aliphatic rings. The van der Waals surface area contributed by atoms with Gasteiger partial charge in [0.25, 0.3) is 5.91 Å². The molecule has 2 aromatic rings. The first-order valence-corrected chi connectivity index (χ1v) is 10.4. The third-order valence-electron chi connectivity index (χ3n) is 3.95. The van der Waals surface area contributed by atoms with E-state index in [9.17, 15) is 27.5 Å². The fourth-order valence-electron chi connectivity index (χ4n) is 2.68. The van der Waals surface area contributed by atoms with Gasteiger partial charge < -0.3 is 9.84 Å². The summed E-state index contributed by atoms with van der Waals surface area (Å²) in [6, 6.07) is 2.81. The average Bonchev–Trinajstić information content (AvgIpc) is 3.30. The molecule has 0 aliphatic carbocycles. The summed E-state index contributed by atoms with van der Waals surface area (Å²) in [6.45, 7) is -0.944. The molecule has 1 saturated heterocycles. The molecule has 0 unspecified atom stereocenters. The van der Waals surface area contributed by atoms with E-state index in [4.69, 9.17) is 4.74 Å². The topological polar surface area (TPSA) is 126 Å². The third kappa shape index (κ3) is 4.52. The van der Waals surface area contributed by atoms with Gasteiger partial charge in [0.05, 0.1) is 11.0 Å². The number of nitrogens with one attached hydrogen (secondary N) is 1. The number of halogens is 1. The predicted octanol–water partition coefficient (Wildman–Crippen LogP) is 0.588. The Labute approximate surface area is 163 Å². The van der Waals surface area contributed by atoms with Gasteiger partial charge in [0, 0.05) is 24.5 Å². The van der Waals surface area contributed by atoms with Gasteiger partial charge in [0.1, 0.15) is 11.9 Å². The van der Waals surface area contributed by atoms with E-state index in [1.807, 2.05) is 0 Å². The molecule has 1 amide bonds. The van der Waals surface area contributed by atoms with Gasteiger partial charge in [-0.2, -0.15) is 4.31 Å². The number of aliphatic hydroxyl groups excluding tert-OH is 1. The second-order valence-electron chi connectivity index (χ2n) is 5.93. The van der Waals surface area contributed by atoms with E-state index in [0.29, 0.717) is 5.13 Å². The second-order valence-corrected chi connectivity index (χ2v) is 8.71. The SMILES string of the molecule is O=C(COC(=O)[C@H]1C[C@@H](O)CN1S(=O)(=O)c1ccc(F)cc1)Nc1nccs1. The van der Waals surface area contributed by atoms with Crippen molar-refractivity contribution >= 4 is 38.4 Å². The summed E-state index contributed by atoms with van der Waals surface area (Å²) in [5.41, 5.74) is 0. The molecule has 28 heavy (non-hydrogen) atoms. The van der Waals surface area contributed by atoms with Crippen LogP contribution in [0.1, 0.15) is 6.42 Å². The predicted molar refractivity (Wildman–Crippen MR) is 96.4 cm³/mol. The minimum Gasteiger partial charge on any atom is -0.454 e. The molecular weight excluding hydrogens is 413 g/mol. The molecule has 2 N–H and O–H groups in total. The van der Waals surface area contributed by atoms with Crippen LogP contribution < -0.4 is 5.32 Å². The maximum Gasteiger partial charge on any atom is 0.325 e. The molecule has 150 valence electrons. The zero-order valence-corrected chi connectivity index (χ0v) is 16.0. The number of esters is 1. The normalized spacial score (nSPS) is 20.1. The van der Waals surface area contributed by atoms with Crippen LogP contribution >= 0.6 is 11.3 Å². The number of nitrogens with zero attached hydrogens (tertiary/aromatic N) is 2. The molecule has 1 aromatic heterocycles. The molecule has 1 aliphatic heterocycles. The van der Waals surface area contributed by atoms with Crippen LogP contribution in [0.3, 0.4) is 0 Å². The third-order valence-corrected chi connectivity index (χ3v) is 6.53. The van der Waals surface area contributed by atoms with Crippen LogP contribution in [0, 0.1) is 5.82 Å². The Kier molecular flexibility index (Phi) is 6.03. The summed E-state index contributed by atoms with van der Waals surface area (Å²) >= 11 is 1.18. The fourth-order valence-corrected chi connectivity index (χ4v) is 4.85.